The zero-order chi connectivity index (χ0) is 9.30. The number of benzene rings is 1. The van der Waals surface area contributed by atoms with E-state index in [0.717, 1.165) is 6.07 Å². The number of rotatable bonds is 1. The lowest BCUT2D eigenvalue weighted by Crippen LogP contribution is -1.94. The lowest BCUT2D eigenvalue weighted by Gasteiger charge is -2.07. The Morgan fingerprint density at radius 1 is 1.17 bits per heavy atom. The summed E-state index contributed by atoms with van der Waals surface area (Å²) in [4.78, 5) is 0. The average molecular weight is 174 g/mol. The van der Waals surface area contributed by atoms with Crippen LogP contribution in [-0.2, 0) is 0 Å². The fourth-order valence-corrected chi connectivity index (χ4v) is 1.07. The van der Waals surface area contributed by atoms with Gasteiger partial charge in [0.1, 0.15) is 5.82 Å². The summed E-state index contributed by atoms with van der Waals surface area (Å²) in [6.45, 7) is 3.18. The predicted octanol–water partition coefficient (Wildman–Crippen LogP) is 3.38. The van der Waals surface area contributed by atoms with Crippen molar-refractivity contribution in [2.45, 2.75) is 20.3 Å². The van der Waals surface area contributed by atoms with Gasteiger partial charge >= 0.3 is 0 Å². The number of hydrogen-bond donors (Lipinski definition) is 0. The van der Waals surface area contributed by atoms with E-state index in [1.54, 1.807) is 13.8 Å². The van der Waals surface area contributed by atoms with E-state index in [1.807, 2.05) is 0 Å². The second kappa shape index (κ2) is 3.17. The van der Waals surface area contributed by atoms with Crippen LogP contribution >= 0.6 is 0 Å². The Morgan fingerprint density at radius 2 is 1.75 bits per heavy atom. The first-order valence-electron chi connectivity index (χ1n) is 3.57. The molecule has 0 bridgehead atoms. The van der Waals surface area contributed by atoms with E-state index in [0.29, 0.717) is 11.1 Å². The summed E-state index contributed by atoms with van der Waals surface area (Å²) < 4.78 is 37.1. The minimum Gasteiger partial charge on any atom is -0.207 e. The van der Waals surface area contributed by atoms with Crippen molar-refractivity contribution in [3.63, 3.8) is 0 Å². The van der Waals surface area contributed by atoms with Gasteiger partial charge in [-0.25, -0.2) is 13.2 Å². The quantitative estimate of drug-likeness (QED) is 0.612. The van der Waals surface area contributed by atoms with Crippen molar-refractivity contribution in [1.29, 1.82) is 0 Å². The maximum absolute atomic E-state index is 12.6. The first kappa shape index (κ1) is 9.10. The van der Waals surface area contributed by atoms with Gasteiger partial charge in [0.15, 0.2) is 0 Å². The molecule has 0 saturated carbocycles. The highest BCUT2D eigenvalue weighted by molar-refractivity contribution is 5.34. The molecule has 0 amide bonds. The molecule has 0 N–H and O–H groups in total. The zero-order valence-corrected chi connectivity index (χ0v) is 6.87. The van der Waals surface area contributed by atoms with E-state index in [-0.39, 0.29) is 5.56 Å². The van der Waals surface area contributed by atoms with E-state index in [9.17, 15) is 13.2 Å². The summed E-state index contributed by atoms with van der Waals surface area (Å²) in [6.07, 6.45) is -2.60. The fraction of sp³-hybridized carbons (Fsp3) is 0.333. The number of alkyl halides is 2. The second-order valence-corrected chi connectivity index (χ2v) is 2.74. The van der Waals surface area contributed by atoms with Gasteiger partial charge in [0.25, 0.3) is 6.43 Å². The van der Waals surface area contributed by atoms with Gasteiger partial charge in [0, 0.05) is 5.56 Å². The van der Waals surface area contributed by atoms with Crippen LogP contribution in [0.15, 0.2) is 12.1 Å². The van der Waals surface area contributed by atoms with Gasteiger partial charge in [-0.1, -0.05) is 0 Å². The lowest BCUT2D eigenvalue weighted by molar-refractivity contribution is 0.150. The average Bonchev–Trinajstić information content (AvgIpc) is 1.96. The third-order valence-corrected chi connectivity index (χ3v) is 1.91. The maximum Gasteiger partial charge on any atom is 0.264 e. The largest absolute Gasteiger partial charge is 0.264 e. The molecule has 66 valence electrons. The molecule has 0 aliphatic heterocycles. The van der Waals surface area contributed by atoms with Crippen LogP contribution in [0.1, 0.15) is 23.1 Å². The Labute approximate surface area is 69.0 Å². The molecule has 12 heavy (non-hydrogen) atoms. The van der Waals surface area contributed by atoms with Gasteiger partial charge in [0.2, 0.25) is 0 Å². The van der Waals surface area contributed by atoms with Crippen molar-refractivity contribution in [3.05, 3.63) is 34.6 Å². The Bertz CT molecular complexity index is 292. The van der Waals surface area contributed by atoms with Crippen molar-refractivity contribution in [1.82, 2.24) is 0 Å². The number of aryl methyl sites for hydroxylation is 1. The number of halogens is 3. The Morgan fingerprint density at radius 3 is 2.25 bits per heavy atom. The number of hydrogen-bond acceptors (Lipinski definition) is 0. The molecule has 0 saturated heterocycles. The highest BCUT2D eigenvalue weighted by Crippen LogP contribution is 2.25. The van der Waals surface area contributed by atoms with Crippen LogP contribution in [0.5, 0.6) is 0 Å². The van der Waals surface area contributed by atoms with Gasteiger partial charge in [-0.2, -0.15) is 0 Å². The summed E-state index contributed by atoms with van der Waals surface area (Å²) in [6, 6.07) is 2.13. The Balaban J connectivity index is 3.28. The molecule has 1 aromatic rings. The molecular weight excluding hydrogens is 165 g/mol. The van der Waals surface area contributed by atoms with Crippen molar-refractivity contribution >= 4 is 0 Å². The van der Waals surface area contributed by atoms with Crippen LogP contribution < -0.4 is 0 Å². The molecule has 0 aromatic heterocycles. The molecule has 0 heterocycles. The van der Waals surface area contributed by atoms with Crippen LogP contribution in [-0.4, -0.2) is 0 Å². The van der Waals surface area contributed by atoms with Gasteiger partial charge in [-0.15, -0.1) is 0 Å². The molecule has 0 nitrogen and oxygen atoms in total. The molecule has 0 spiro atoms. The van der Waals surface area contributed by atoms with Crippen LogP contribution in [0.4, 0.5) is 13.2 Å². The molecule has 0 atom stereocenters. The normalized spacial score (nSPS) is 10.8. The second-order valence-electron chi connectivity index (χ2n) is 2.74. The topological polar surface area (TPSA) is 0 Å². The first-order valence-corrected chi connectivity index (χ1v) is 3.57. The van der Waals surface area contributed by atoms with Crippen molar-refractivity contribution < 1.29 is 13.2 Å². The highest BCUT2D eigenvalue weighted by atomic mass is 19.3. The molecular formula is C9H9F3. The van der Waals surface area contributed by atoms with Gasteiger partial charge in [0.05, 0.1) is 0 Å². The van der Waals surface area contributed by atoms with Gasteiger partial charge in [-0.05, 0) is 37.1 Å². The van der Waals surface area contributed by atoms with Crippen molar-refractivity contribution in [3.8, 4) is 0 Å². The SMILES string of the molecule is Cc1cc(F)cc(C(F)F)c1C. The smallest absolute Gasteiger partial charge is 0.207 e. The molecule has 0 unspecified atom stereocenters. The van der Waals surface area contributed by atoms with Crippen LogP contribution in [0.25, 0.3) is 0 Å². The van der Waals surface area contributed by atoms with E-state index in [4.69, 9.17) is 0 Å². The zero-order valence-electron chi connectivity index (χ0n) is 6.87. The van der Waals surface area contributed by atoms with Crippen LogP contribution in [0.2, 0.25) is 0 Å². The molecule has 0 aliphatic carbocycles. The van der Waals surface area contributed by atoms with E-state index in [1.165, 1.54) is 6.07 Å². The minimum absolute atomic E-state index is 0.215. The van der Waals surface area contributed by atoms with E-state index in [2.05, 4.69) is 0 Å². The summed E-state index contributed by atoms with van der Waals surface area (Å²) >= 11 is 0. The van der Waals surface area contributed by atoms with Gasteiger partial charge < -0.3 is 0 Å². The van der Waals surface area contributed by atoms with E-state index >= 15 is 0 Å². The van der Waals surface area contributed by atoms with Crippen LogP contribution in [0.3, 0.4) is 0 Å². The monoisotopic (exact) mass is 174 g/mol. The van der Waals surface area contributed by atoms with Gasteiger partial charge in [-0.3, -0.25) is 0 Å². The summed E-state index contributed by atoms with van der Waals surface area (Å²) in [5.41, 5.74) is 0.809. The predicted molar refractivity (Wildman–Crippen MR) is 40.8 cm³/mol. The Hall–Kier alpha value is -0.990. The summed E-state index contributed by atoms with van der Waals surface area (Å²) in [5.74, 6) is -0.603. The minimum atomic E-state index is -2.60. The highest BCUT2D eigenvalue weighted by Gasteiger charge is 2.12. The van der Waals surface area contributed by atoms with E-state index < -0.39 is 12.2 Å². The molecule has 0 fully saturated rings. The third kappa shape index (κ3) is 1.60. The molecule has 3 heteroatoms. The molecule has 0 aliphatic rings. The Kier molecular flexibility index (Phi) is 2.40. The molecule has 0 radical (unpaired) electrons. The molecule has 1 aromatic carbocycles. The summed E-state index contributed by atoms with van der Waals surface area (Å²) in [5, 5.41) is 0. The standard InChI is InChI=1S/C9H9F3/c1-5-3-7(10)4-8(6(5)2)9(11)12/h3-4,9H,1-2H3. The van der Waals surface area contributed by atoms with Crippen molar-refractivity contribution in [2.75, 3.05) is 0 Å². The third-order valence-electron chi connectivity index (χ3n) is 1.91. The molecule has 1 rings (SSSR count). The lowest BCUT2D eigenvalue weighted by atomic mass is 10.0. The van der Waals surface area contributed by atoms with Crippen LogP contribution in [0, 0.1) is 19.7 Å². The first-order chi connectivity index (χ1) is 5.52. The maximum atomic E-state index is 12.6. The fourth-order valence-electron chi connectivity index (χ4n) is 1.07. The van der Waals surface area contributed by atoms with Crippen molar-refractivity contribution in [2.24, 2.45) is 0 Å². The summed E-state index contributed by atoms with van der Waals surface area (Å²) in [7, 11) is 0.